The quantitative estimate of drug-likeness (QED) is 0.489. The van der Waals surface area contributed by atoms with Crippen molar-refractivity contribution < 1.29 is 0 Å². The molecule has 0 fully saturated rings. The van der Waals surface area contributed by atoms with Gasteiger partial charge in [-0.2, -0.15) is 0 Å². The van der Waals surface area contributed by atoms with E-state index in [0.29, 0.717) is 0 Å². The van der Waals surface area contributed by atoms with Crippen LogP contribution in [-0.2, 0) is 0 Å². The monoisotopic (exact) mass is 168 g/mol. The Morgan fingerprint density at radius 2 is 1.83 bits per heavy atom. The van der Waals surface area contributed by atoms with Crippen molar-refractivity contribution in [2.45, 2.75) is 59.3 Å². The fourth-order valence-corrected chi connectivity index (χ4v) is 1.36. The minimum absolute atomic E-state index is 0.923. The van der Waals surface area contributed by atoms with E-state index in [1.54, 1.807) is 0 Å². The van der Waals surface area contributed by atoms with Crippen LogP contribution in [0.1, 0.15) is 59.3 Å². The molecule has 0 rings (SSSR count). The normalized spacial score (nSPS) is 13.9. The van der Waals surface area contributed by atoms with Crippen molar-refractivity contribution >= 4 is 0 Å². The molecule has 0 heterocycles. The van der Waals surface area contributed by atoms with Crippen molar-refractivity contribution in [1.82, 2.24) is 0 Å². The lowest BCUT2D eigenvalue weighted by molar-refractivity contribution is 0.475. The summed E-state index contributed by atoms with van der Waals surface area (Å²) in [4.78, 5) is 0. The molecule has 0 bridgehead atoms. The van der Waals surface area contributed by atoms with E-state index in [9.17, 15) is 0 Å². The maximum atomic E-state index is 2.37. The Balaban J connectivity index is 3.18. The van der Waals surface area contributed by atoms with Crippen LogP contribution in [0.2, 0.25) is 0 Å². The summed E-state index contributed by atoms with van der Waals surface area (Å²) in [5.74, 6) is 0.923. The standard InChI is InChI=1S/C12H24/c1-4-6-8-9-11-12(3)10-7-5-2/h6,8,12H,4-5,7,9-11H2,1-3H3/b8-6-. The third-order valence-electron chi connectivity index (χ3n) is 2.28. The SMILES string of the molecule is CC/C=C\CCC(C)CCCC. The molecule has 0 nitrogen and oxygen atoms in total. The molecule has 0 heteroatoms. The summed E-state index contributed by atoms with van der Waals surface area (Å²) >= 11 is 0. The summed E-state index contributed by atoms with van der Waals surface area (Å²) in [7, 11) is 0. The summed E-state index contributed by atoms with van der Waals surface area (Å²) in [6.07, 6.45) is 12.6. The topological polar surface area (TPSA) is 0 Å². The summed E-state index contributed by atoms with van der Waals surface area (Å²) in [6, 6.07) is 0. The third kappa shape index (κ3) is 7.84. The zero-order chi connectivity index (χ0) is 9.23. The van der Waals surface area contributed by atoms with Gasteiger partial charge in [0, 0.05) is 0 Å². The molecule has 0 saturated heterocycles. The number of unbranched alkanes of at least 4 members (excludes halogenated alkanes) is 1. The number of hydrogen-bond donors (Lipinski definition) is 0. The van der Waals surface area contributed by atoms with Gasteiger partial charge in [-0.1, -0.05) is 52.2 Å². The van der Waals surface area contributed by atoms with Gasteiger partial charge in [-0.3, -0.25) is 0 Å². The summed E-state index contributed by atoms with van der Waals surface area (Å²) < 4.78 is 0. The van der Waals surface area contributed by atoms with Crippen LogP contribution < -0.4 is 0 Å². The molecule has 1 unspecified atom stereocenters. The first-order chi connectivity index (χ1) is 5.81. The average molecular weight is 168 g/mol. The summed E-state index contributed by atoms with van der Waals surface area (Å²) in [5, 5.41) is 0. The Hall–Kier alpha value is -0.260. The van der Waals surface area contributed by atoms with E-state index in [4.69, 9.17) is 0 Å². The highest BCUT2D eigenvalue weighted by molar-refractivity contribution is 4.80. The molecule has 0 aromatic carbocycles. The predicted octanol–water partition coefficient (Wildman–Crippen LogP) is 4.56. The lowest BCUT2D eigenvalue weighted by Crippen LogP contribution is -1.92. The van der Waals surface area contributed by atoms with Crippen LogP contribution in [0.5, 0.6) is 0 Å². The molecule has 0 aliphatic carbocycles. The smallest absolute Gasteiger partial charge is 0.0348 e. The lowest BCUT2D eigenvalue weighted by atomic mass is 9.99. The lowest BCUT2D eigenvalue weighted by Gasteiger charge is -2.07. The van der Waals surface area contributed by atoms with Gasteiger partial charge in [-0.15, -0.1) is 0 Å². The zero-order valence-corrected chi connectivity index (χ0v) is 8.97. The molecule has 0 N–H and O–H groups in total. The van der Waals surface area contributed by atoms with Gasteiger partial charge in [0.2, 0.25) is 0 Å². The van der Waals surface area contributed by atoms with Crippen LogP contribution in [0, 0.1) is 5.92 Å². The van der Waals surface area contributed by atoms with Gasteiger partial charge < -0.3 is 0 Å². The first kappa shape index (κ1) is 11.7. The molecule has 0 aliphatic rings. The van der Waals surface area contributed by atoms with Crippen LogP contribution in [0.4, 0.5) is 0 Å². The van der Waals surface area contributed by atoms with E-state index < -0.39 is 0 Å². The van der Waals surface area contributed by atoms with E-state index in [-0.39, 0.29) is 0 Å². The first-order valence-corrected chi connectivity index (χ1v) is 5.46. The second-order valence-electron chi connectivity index (χ2n) is 3.70. The van der Waals surface area contributed by atoms with Crippen molar-refractivity contribution in [2.24, 2.45) is 5.92 Å². The highest BCUT2D eigenvalue weighted by atomic mass is 14.0. The van der Waals surface area contributed by atoms with Crippen molar-refractivity contribution in [3.8, 4) is 0 Å². The largest absolute Gasteiger partial charge is 0.0888 e. The molecule has 1 atom stereocenters. The van der Waals surface area contributed by atoms with E-state index in [2.05, 4.69) is 32.9 Å². The van der Waals surface area contributed by atoms with Crippen LogP contribution in [-0.4, -0.2) is 0 Å². The Bertz CT molecular complexity index is 103. The minimum Gasteiger partial charge on any atom is -0.0888 e. The van der Waals surface area contributed by atoms with E-state index in [1.807, 2.05) is 0 Å². The highest BCUT2D eigenvalue weighted by Gasteiger charge is 1.98. The molecule has 72 valence electrons. The van der Waals surface area contributed by atoms with Gasteiger partial charge in [0.1, 0.15) is 0 Å². The fourth-order valence-electron chi connectivity index (χ4n) is 1.36. The van der Waals surface area contributed by atoms with E-state index in [0.717, 1.165) is 5.92 Å². The molecule has 12 heavy (non-hydrogen) atoms. The molecule has 0 aromatic rings. The molecular formula is C12H24. The average Bonchev–Trinajstić information content (AvgIpc) is 2.09. The number of allylic oxidation sites excluding steroid dienone is 2. The Morgan fingerprint density at radius 3 is 2.42 bits per heavy atom. The minimum atomic E-state index is 0.923. The van der Waals surface area contributed by atoms with Crippen LogP contribution in [0.25, 0.3) is 0 Å². The predicted molar refractivity (Wildman–Crippen MR) is 57.4 cm³/mol. The second kappa shape index (κ2) is 8.83. The molecule has 0 amide bonds. The molecule has 0 aliphatic heterocycles. The van der Waals surface area contributed by atoms with Crippen molar-refractivity contribution in [3.05, 3.63) is 12.2 Å². The van der Waals surface area contributed by atoms with Gasteiger partial charge in [0.05, 0.1) is 0 Å². The summed E-state index contributed by atoms with van der Waals surface area (Å²) in [6.45, 7) is 6.83. The number of rotatable bonds is 7. The summed E-state index contributed by atoms with van der Waals surface area (Å²) in [5.41, 5.74) is 0. The molecular weight excluding hydrogens is 144 g/mol. The van der Waals surface area contributed by atoms with Crippen molar-refractivity contribution in [3.63, 3.8) is 0 Å². The van der Waals surface area contributed by atoms with Gasteiger partial charge in [0.15, 0.2) is 0 Å². The maximum Gasteiger partial charge on any atom is -0.0348 e. The van der Waals surface area contributed by atoms with Crippen molar-refractivity contribution in [1.29, 1.82) is 0 Å². The number of hydrogen-bond acceptors (Lipinski definition) is 0. The third-order valence-corrected chi connectivity index (χ3v) is 2.28. The van der Waals surface area contributed by atoms with Crippen LogP contribution in [0.3, 0.4) is 0 Å². The molecule has 0 radical (unpaired) electrons. The van der Waals surface area contributed by atoms with Gasteiger partial charge in [-0.25, -0.2) is 0 Å². The van der Waals surface area contributed by atoms with Crippen LogP contribution in [0.15, 0.2) is 12.2 Å². The Kier molecular flexibility index (Phi) is 8.64. The second-order valence-corrected chi connectivity index (χ2v) is 3.70. The molecule has 0 spiro atoms. The Morgan fingerprint density at radius 1 is 1.08 bits per heavy atom. The van der Waals surface area contributed by atoms with Crippen molar-refractivity contribution in [2.75, 3.05) is 0 Å². The van der Waals surface area contributed by atoms with Gasteiger partial charge >= 0.3 is 0 Å². The first-order valence-electron chi connectivity index (χ1n) is 5.46. The van der Waals surface area contributed by atoms with Gasteiger partial charge in [0.25, 0.3) is 0 Å². The van der Waals surface area contributed by atoms with E-state index in [1.165, 1.54) is 38.5 Å². The highest BCUT2D eigenvalue weighted by Crippen LogP contribution is 2.13. The Labute approximate surface area is 78.1 Å². The zero-order valence-electron chi connectivity index (χ0n) is 8.97. The fraction of sp³-hybridized carbons (Fsp3) is 0.833. The molecule has 0 saturated carbocycles. The van der Waals surface area contributed by atoms with Gasteiger partial charge in [-0.05, 0) is 25.2 Å². The van der Waals surface area contributed by atoms with E-state index >= 15 is 0 Å². The maximum absolute atomic E-state index is 2.37. The van der Waals surface area contributed by atoms with Crippen LogP contribution >= 0.6 is 0 Å². The molecule has 0 aromatic heterocycles.